The van der Waals surface area contributed by atoms with Gasteiger partial charge in [-0.25, -0.2) is 19.4 Å². The monoisotopic (exact) mass is 349 g/mol. The molecule has 0 aliphatic carbocycles. The smallest absolute Gasteiger partial charge is 0.178 e. The predicted octanol–water partition coefficient (Wildman–Crippen LogP) is 2.92. The molecular formula is C13H9BrFN5O. The summed E-state index contributed by atoms with van der Waals surface area (Å²) in [4.78, 5) is 15.3. The molecule has 8 heteroatoms. The molecular weight excluding hydrogens is 341 g/mol. The third-order valence-electron chi connectivity index (χ3n) is 2.83. The van der Waals surface area contributed by atoms with Crippen LogP contribution in [0.2, 0.25) is 0 Å². The summed E-state index contributed by atoms with van der Waals surface area (Å²) in [5.41, 5.74) is 4.27. The van der Waals surface area contributed by atoms with Crippen molar-refractivity contribution in [1.29, 1.82) is 0 Å². The quantitative estimate of drug-likeness (QED) is 0.377. The Morgan fingerprint density at radius 1 is 1.33 bits per heavy atom. The number of H-pyrrole nitrogens is 1. The van der Waals surface area contributed by atoms with Gasteiger partial charge in [0.25, 0.3) is 0 Å². The van der Waals surface area contributed by atoms with E-state index in [1.807, 2.05) is 5.48 Å². The summed E-state index contributed by atoms with van der Waals surface area (Å²) in [6.45, 7) is 0. The van der Waals surface area contributed by atoms with Gasteiger partial charge in [0.05, 0.1) is 22.0 Å². The van der Waals surface area contributed by atoms with Gasteiger partial charge in [0.1, 0.15) is 5.82 Å². The highest BCUT2D eigenvalue weighted by Crippen LogP contribution is 2.23. The summed E-state index contributed by atoms with van der Waals surface area (Å²) in [7, 11) is 0. The molecule has 6 nitrogen and oxygen atoms in total. The molecule has 0 saturated carbocycles. The zero-order chi connectivity index (χ0) is 14.8. The minimum Gasteiger partial charge on any atom is -0.343 e. The molecule has 2 aromatic heterocycles. The van der Waals surface area contributed by atoms with Gasteiger partial charge in [-0.15, -0.1) is 0 Å². The fraction of sp³-hybridized carbons (Fsp3) is 0. The minimum atomic E-state index is -0.382. The topological polar surface area (TPSA) is 86.2 Å². The third kappa shape index (κ3) is 2.63. The lowest BCUT2D eigenvalue weighted by atomic mass is 10.2. The molecule has 0 spiro atoms. The largest absolute Gasteiger partial charge is 0.343 e. The van der Waals surface area contributed by atoms with Gasteiger partial charge in [0.15, 0.2) is 11.5 Å². The fourth-order valence-electron chi connectivity index (χ4n) is 1.88. The maximum atomic E-state index is 13.2. The van der Waals surface area contributed by atoms with Crippen molar-refractivity contribution in [1.82, 2.24) is 20.4 Å². The van der Waals surface area contributed by atoms with Gasteiger partial charge in [-0.3, -0.25) is 10.7 Å². The van der Waals surface area contributed by atoms with Crippen LogP contribution in [-0.4, -0.2) is 26.0 Å². The third-order valence-corrected chi connectivity index (χ3v) is 3.44. The Balaban J connectivity index is 2.11. The molecule has 3 N–H and O–H groups in total. The van der Waals surface area contributed by atoms with Crippen LogP contribution in [0.4, 0.5) is 10.1 Å². The molecule has 3 aromatic rings. The van der Waals surface area contributed by atoms with Gasteiger partial charge in [-0.1, -0.05) is 0 Å². The van der Waals surface area contributed by atoms with Gasteiger partial charge in [0.2, 0.25) is 0 Å². The van der Waals surface area contributed by atoms with E-state index < -0.39 is 0 Å². The first kappa shape index (κ1) is 13.7. The van der Waals surface area contributed by atoms with Crippen LogP contribution in [0.3, 0.4) is 0 Å². The molecule has 0 atom stereocenters. The second-order valence-corrected chi connectivity index (χ2v) is 4.98. The Morgan fingerprint density at radius 3 is 2.95 bits per heavy atom. The van der Waals surface area contributed by atoms with Crippen LogP contribution in [0.5, 0.6) is 0 Å². The van der Waals surface area contributed by atoms with Gasteiger partial charge in [-0.2, -0.15) is 0 Å². The molecule has 0 bridgehead atoms. The summed E-state index contributed by atoms with van der Waals surface area (Å²) < 4.78 is 13.5. The second-order valence-electron chi connectivity index (χ2n) is 4.13. The van der Waals surface area contributed by atoms with Gasteiger partial charge in [-0.05, 0) is 40.2 Å². The summed E-state index contributed by atoms with van der Waals surface area (Å²) in [6, 6.07) is 5.98. The van der Waals surface area contributed by atoms with E-state index in [9.17, 15) is 9.60 Å². The van der Waals surface area contributed by atoms with Crippen LogP contribution in [0.25, 0.3) is 11.2 Å². The number of aliphatic imine (C=N–C) groups is 1. The van der Waals surface area contributed by atoms with E-state index >= 15 is 0 Å². The van der Waals surface area contributed by atoms with E-state index in [0.717, 1.165) is 0 Å². The number of imidazole rings is 1. The van der Waals surface area contributed by atoms with Crippen molar-refractivity contribution in [2.24, 2.45) is 4.99 Å². The van der Waals surface area contributed by atoms with Crippen molar-refractivity contribution >= 4 is 38.6 Å². The first-order chi connectivity index (χ1) is 10.2. The van der Waals surface area contributed by atoms with Crippen LogP contribution in [0, 0.1) is 5.82 Å². The SMILES string of the molecule is ONC(=Nc1ccc(F)c(Br)c1)c1ccnc2nc[nH]c12. The van der Waals surface area contributed by atoms with Crippen molar-refractivity contribution in [3.8, 4) is 0 Å². The predicted molar refractivity (Wildman–Crippen MR) is 79.1 cm³/mol. The average molecular weight is 350 g/mol. The second kappa shape index (κ2) is 5.58. The molecule has 0 unspecified atom stereocenters. The van der Waals surface area contributed by atoms with Crippen molar-refractivity contribution in [3.05, 3.63) is 52.6 Å². The fourth-order valence-corrected chi connectivity index (χ4v) is 2.24. The van der Waals surface area contributed by atoms with Crippen LogP contribution in [0.15, 0.2) is 46.3 Å². The number of nitrogens with zero attached hydrogens (tertiary/aromatic N) is 3. The summed E-state index contributed by atoms with van der Waals surface area (Å²) >= 11 is 3.09. The van der Waals surface area contributed by atoms with Crippen LogP contribution in [0.1, 0.15) is 5.56 Å². The first-order valence-corrected chi connectivity index (χ1v) is 6.70. The zero-order valence-corrected chi connectivity index (χ0v) is 12.1. The van der Waals surface area contributed by atoms with E-state index in [-0.39, 0.29) is 11.7 Å². The Labute approximate surface area is 126 Å². The average Bonchev–Trinajstić information content (AvgIpc) is 2.97. The lowest BCUT2D eigenvalue weighted by Crippen LogP contribution is -2.20. The van der Waals surface area contributed by atoms with E-state index in [2.05, 4.69) is 35.9 Å². The number of pyridine rings is 1. The van der Waals surface area contributed by atoms with E-state index in [4.69, 9.17) is 0 Å². The summed E-state index contributed by atoms with van der Waals surface area (Å²) in [6.07, 6.45) is 3.07. The summed E-state index contributed by atoms with van der Waals surface area (Å²) in [5.74, 6) is -0.183. The normalized spacial score (nSPS) is 11.9. The minimum absolute atomic E-state index is 0.199. The molecule has 0 aliphatic heterocycles. The van der Waals surface area contributed by atoms with Crippen LogP contribution in [-0.2, 0) is 0 Å². The lowest BCUT2D eigenvalue weighted by Gasteiger charge is -2.06. The Morgan fingerprint density at radius 2 is 2.19 bits per heavy atom. The van der Waals surface area contributed by atoms with Gasteiger partial charge < -0.3 is 4.98 Å². The maximum absolute atomic E-state index is 13.2. The van der Waals surface area contributed by atoms with Crippen LogP contribution < -0.4 is 5.48 Å². The molecule has 0 amide bonds. The molecule has 1 aromatic carbocycles. The maximum Gasteiger partial charge on any atom is 0.178 e. The Bertz CT molecular complexity index is 832. The number of nitrogens with one attached hydrogen (secondary N) is 2. The van der Waals surface area contributed by atoms with Gasteiger partial charge >= 0.3 is 0 Å². The molecule has 3 rings (SSSR count). The molecule has 21 heavy (non-hydrogen) atoms. The molecule has 0 radical (unpaired) electrons. The molecule has 0 fully saturated rings. The van der Waals surface area contributed by atoms with E-state index in [0.29, 0.717) is 26.9 Å². The lowest BCUT2D eigenvalue weighted by molar-refractivity contribution is 0.235. The van der Waals surface area contributed by atoms with Crippen molar-refractivity contribution in [2.45, 2.75) is 0 Å². The molecule has 0 saturated heterocycles. The summed E-state index contributed by atoms with van der Waals surface area (Å²) in [5, 5.41) is 9.34. The van der Waals surface area contributed by atoms with Crippen LogP contribution >= 0.6 is 15.9 Å². The molecule has 2 heterocycles. The van der Waals surface area contributed by atoms with Crippen molar-refractivity contribution in [2.75, 3.05) is 0 Å². The number of halogens is 2. The highest BCUT2D eigenvalue weighted by atomic mass is 79.9. The van der Waals surface area contributed by atoms with Gasteiger partial charge in [0, 0.05) is 11.8 Å². The first-order valence-electron chi connectivity index (χ1n) is 5.91. The number of hydrogen-bond donors (Lipinski definition) is 3. The number of amidine groups is 1. The Kier molecular flexibility index (Phi) is 3.63. The number of benzene rings is 1. The van der Waals surface area contributed by atoms with Crippen molar-refractivity contribution < 1.29 is 9.60 Å². The zero-order valence-electron chi connectivity index (χ0n) is 10.5. The number of rotatable bonds is 2. The Hall–Kier alpha value is -2.32. The number of aromatic nitrogens is 3. The molecule has 106 valence electrons. The van der Waals surface area contributed by atoms with Crippen molar-refractivity contribution in [3.63, 3.8) is 0 Å². The number of fused-ring (bicyclic) bond motifs is 1. The number of hydroxylamine groups is 1. The number of hydrogen-bond acceptors (Lipinski definition) is 4. The highest BCUT2D eigenvalue weighted by molar-refractivity contribution is 9.10. The highest BCUT2D eigenvalue weighted by Gasteiger charge is 2.10. The molecule has 0 aliphatic rings. The van der Waals surface area contributed by atoms with E-state index in [1.165, 1.54) is 24.5 Å². The standard InChI is InChI=1S/C13H9BrFN5O/c14-9-5-7(1-2-10(9)15)19-12(20-21)8-3-4-16-13-11(8)17-6-18-13/h1-6,21H,(H,19,20)(H,16,17,18). The van der Waals surface area contributed by atoms with E-state index in [1.54, 1.807) is 12.3 Å². The number of aromatic amines is 1.